The Morgan fingerprint density at radius 1 is 1.60 bits per heavy atom. The quantitative estimate of drug-likeness (QED) is 0.480. The van der Waals surface area contributed by atoms with Gasteiger partial charge in [0.1, 0.15) is 0 Å². The van der Waals surface area contributed by atoms with Crippen LogP contribution in [0.15, 0.2) is 33.8 Å². The van der Waals surface area contributed by atoms with Gasteiger partial charge in [0.2, 0.25) is 0 Å². The van der Waals surface area contributed by atoms with Crippen LogP contribution in [0.5, 0.6) is 0 Å². The summed E-state index contributed by atoms with van der Waals surface area (Å²) < 4.78 is 0. The molecule has 1 heterocycles. The number of hydrogen-bond donors (Lipinski definition) is 0. The lowest BCUT2D eigenvalue weighted by Crippen LogP contribution is -2.00. The van der Waals surface area contributed by atoms with E-state index >= 15 is 0 Å². The number of aliphatic imine (C=N–C) groups is 2. The zero-order valence-corrected chi connectivity index (χ0v) is 6.20. The van der Waals surface area contributed by atoms with E-state index in [9.17, 15) is 0 Å². The van der Waals surface area contributed by atoms with Crippen molar-refractivity contribution in [3.05, 3.63) is 23.8 Å². The van der Waals surface area contributed by atoms with Gasteiger partial charge < -0.3 is 0 Å². The minimum Gasteiger partial charge on any atom is -0.270 e. The van der Waals surface area contributed by atoms with Gasteiger partial charge in [-0.2, -0.15) is 0 Å². The summed E-state index contributed by atoms with van der Waals surface area (Å²) in [5.74, 6) is 0.810. The molecule has 2 nitrogen and oxygen atoms in total. The summed E-state index contributed by atoms with van der Waals surface area (Å²) in [7, 11) is 1.75. The molecule has 0 bridgehead atoms. The van der Waals surface area contributed by atoms with Crippen molar-refractivity contribution in [3.8, 4) is 0 Å². The van der Waals surface area contributed by atoms with E-state index in [0.29, 0.717) is 0 Å². The lowest BCUT2D eigenvalue weighted by atomic mass is 10.2. The van der Waals surface area contributed by atoms with E-state index in [0.717, 1.165) is 11.4 Å². The molecule has 0 amide bonds. The third kappa shape index (κ3) is 1.21. The van der Waals surface area contributed by atoms with Crippen LogP contribution in [0.3, 0.4) is 0 Å². The minimum absolute atomic E-state index is 0.810. The third-order valence-electron chi connectivity index (χ3n) is 1.34. The Morgan fingerprint density at radius 3 is 2.90 bits per heavy atom. The number of hydrogen-bond acceptors (Lipinski definition) is 1. The molecule has 0 aliphatic carbocycles. The Kier molecular flexibility index (Phi) is 2.15. The maximum absolute atomic E-state index is 4.07. The third-order valence-corrected chi connectivity index (χ3v) is 1.34. The first kappa shape index (κ1) is 6.93. The predicted octanol–water partition coefficient (Wildman–Crippen LogP) is 1.60. The van der Waals surface area contributed by atoms with E-state index in [4.69, 9.17) is 0 Å². The molecular formula is C8H10N2. The summed E-state index contributed by atoms with van der Waals surface area (Å²) in [4.78, 5) is 8.07. The fraction of sp³-hybridized carbons (Fsp3) is 0.250. The molecule has 0 N–H and O–H groups in total. The van der Waals surface area contributed by atoms with Gasteiger partial charge in [0.05, 0.1) is 0 Å². The van der Waals surface area contributed by atoms with Crippen LogP contribution in [0.2, 0.25) is 0 Å². The average molecular weight is 134 g/mol. The van der Waals surface area contributed by atoms with Crippen LogP contribution in [0.25, 0.3) is 0 Å². The molecule has 1 aliphatic heterocycles. The maximum atomic E-state index is 4.07. The molecule has 0 saturated carbocycles. The number of rotatable bonds is 0. The van der Waals surface area contributed by atoms with Crippen molar-refractivity contribution >= 4 is 12.1 Å². The van der Waals surface area contributed by atoms with Crippen LogP contribution in [-0.2, 0) is 0 Å². The molecule has 0 spiro atoms. The molecule has 52 valence electrons. The SMILES string of the molecule is C/C=C1/C=CC=N/C1=N/C. The Balaban J connectivity index is 2.96. The number of dihydropyridines is 1. The van der Waals surface area contributed by atoms with Crippen molar-refractivity contribution in [3.63, 3.8) is 0 Å². The van der Waals surface area contributed by atoms with Crippen molar-refractivity contribution in [1.82, 2.24) is 0 Å². The lowest BCUT2D eigenvalue weighted by molar-refractivity contribution is 1.38. The van der Waals surface area contributed by atoms with Crippen LogP contribution < -0.4 is 0 Å². The molecule has 1 rings (SSSR count). The molecule has 1 aliphatic rings. The zero-order valence-electron chi connectivity index (χ0n) is 6.20. The highest BCUT2D eigenvalue weighted by Gasteiger charge is 2.00. The van der Waals surface area contributed by atoms with Crippen LogP contribution in [0.4, 0.5) is 0 Å². The normalized spacial score (nSPS) is 24.6. The van der Waals surface area contributed by atoms with Crippen molar-refractivity contribution in [2.24, 2.45) is 9.98 Å². The van der Waals surface area contributed by atoms with Gasteiger partial charge in [-0.05, 0) is 13.0 Å². The van der Waals surface area contributed by atoms with Crippen LogP contribution >= 0.6 is 0 Å². The standard InChI is InChI=1S/C8H10N2/c1-3-7-5-4-6-10-8(7)9-2/h3-6H,1-2H3/b7-3-,9-8+. The Morgan fingerprint density at radius 2 is 2.40 bits per heavy atom. The van der Waals surface area contributed by atoms with E-state index in [2.05, 4.69) is 9.98 Å². The summed E-state index contributed by atoms with van der Waals surface area (Å²) in [6.45, 7) is 1.98. The van der Waals surface area contributed by atoms with Gasteiger partial charge in [-0.3, -0.25) is 4.99 Å². The fourth-order valence-corrected chi connectivity index (χ4v) is 0.822. The number of amidine groups is 1. The number of nitrogens with zero attached hydrogens (tertiary/aromatic N) is 2. The monoisotopic (exact) mass is 134 g/mol. The van der Waals surface area contributed by atoms with Crippen molar-refractivity contribution in [2.75, 3.05) is 7.05 Å². The second-order valence-electron chi connectivity index (χ2n) is 1.93. The first-order valence-electron chi connectivity index (χ1n) is 3.22. The Hall–Kier alpha value is -1.18. The van der Waals surface area contributed by atoms with Gasteiger partial charge >= 0.3 is 0 Å². The molecule has 0 aromatic heterocycles. The molecule has 0 saturated heterocycles. The van der Waals surface area contributed by atoms with Gasteiger partial charge in [-0.15, -0.1) is 0 Å². The molecule has 0 fully saturated rings. The fourth-order valence-electron chi connectivity index (χ4n) is 0.822. The molecule has 2 heteroatoms. The van der Waals surface area contributed by atoms with Crippen molar-refractivity contribution in [1.29, 1.82) is 0 Å². The highest BCUT2D eigenvalue weighted by molar-refractivity contribution is 6.08. The van der Waals surface area contributed by atoms with E-state index in [-0.39, 0.29) is 0 Å². The molecule has 0 unspecified atom stereocenters. The Bertz CT molecular complexity index is 206. The molecule has 0 radical (unpaired) electrons. The van der Waals surface area contributed by atoms with E-state index in [1.165, 1.54) is 0 Å². The highest BCUT2D eigenvalue weighted by atomic mass is 14.9. The van der Waals surface area contributed by atoms with Crippen molar-refractivity contribution < 1.29 is 0 Å². The smallest absolute Gasteiger partial charge is 0.153 e. The predicted molar refractivity (Wildman–Crippen MR) is 44.7 cm³/mol. The number of allylic oxidation sites excluding steroid dienone is 2. The average Bonchev–Trinajstić information content (AvgIpc) is 2.04. The van der Waals surface area contributed by atoms with E-state index in [1.54, 1.807) is 13.3 Å². The largest absolute Gasteiger partial charge is 0.270 e. The van der Waals surface area contributed by atoms with Gasteiger partial charge in [-0.1, -0.05) is 12.2 Å². The molecule has 10 heavy (non-hydrogen) atoms. The van der Waals surface area contributed by atoms with Crippen LogP contribution in [0.1, 0.15) is 6.92 Å². The summed E-state index contributed by atoms with van der Waals surface area (Å²) in [5, 5.41) is 0. The lowest BCUT2D eigenvalue weighted by Gasteiger charge is -2.02. The summed E-state index contributed by atoms with van der Waals surface area (Å²) in [6, 6.07) is 0. The van der Waals surface area contributed by atoms with Crippen molar-refractivity contribution in [2.45, 2.75) is 6.92 Å². The second kappa shape index (κ2) is 3.11. The topological polar surface area (TPSA) is 24.7 Å². The summed E-state index contributed by atoms with van der Waals surface area (Å²) in [5.41, 5.74) is 1.09. The summed E-state index contributed by atoms with van der Waals surface area (Å²) in [6.07, 6.45) is 7.64. The molecular weight excluding hydrogens is 124 g/mol. The van der Waals surface area contributed by atoms with Crippen LogP contribution in [-0.4, -0.2) is 19.1 Å². The zero-order chi connectivity index (χ0) is 7.40. The van der Waals surface area contributed by atoms with E-state index in [1.807, 2.05) is 25.2 Å². The van der Waals surface area contributed by atoms with E-state index < -0.39 is 0 Å². The maximum Gasteiger partial charge on any atom is 0.153 e. The molecule has 0 aromatic rings. The highest BCUT2D eigenvalue weighted by Crippen LogP contribution is 2.04. The minimum atomic E-state index is 0.810. The molecule has 0 atom stereocenters. The van der Waals surface area contributed by atoms with Gasteiger partial charge in [0, 0.05) is 18.8 Å². The first-order chi connectivity index (χ1) is 4.88. The second-order valence-corrected chi connectivity index (χ2v) is 1.93. The van der Waals surface area contributed by atoms with Crippen LogP contribution in [0, 0.1) is 0 Å². The first-order valence-corrected chi connectivity index (χ1v) is 3.22. The Labute approximate surface area is 60.7 Å². The van der Waals surface area contributed by atoms with Gasteiger partial charge in [0.25, 0.3) is 0 Å². The summed E-state index contributed by atoms with van der Waals surface area (Å²) >= 11 is 0. The van der Waals surface area contributed by atoms with Gasteiger partial charge in [0.15, 0.2) is 5.84 Å². The van der Waals surface area contributed by atoms with Gasteiger partial charge in [-0.25, -0.2) is 4.99 Å². The molecule has 0 aromatic carbocycles.